The molecule has 0 saturated heterocycles. The fourth-order valence-corrected chi connectivity index (χ4v) is 1.60. The van der Waals surface area contributed by atoms with Crippen LogP contribution in [0.2, 0.25) is 0 Å². The predicted molar refractivity (Wildman–Crippen MR) is 73.1 cm³/mol. The van der Waals surface area contributed by atoms with Crippen molar-refractivity contribution in [1.29, 1.82) is 0 Å². The zero-order valence-corrected chi connectivity index (χ0v) is 10.5. The standard InChI is InChI=1S/C10H10N2O.C3H4N2O/c1-8-7-10(13)12(11-8)9-5-3-2-4-6-9;6-3-1-2-4-5-3/h2-6H,7H2,1H3;1-2H,(H2,4,5,6). The molecule has 1 aromatic carbocycles. The minimum Gasteiger partial charge on any atom is -0.305 e. The highest BCUT2D eigenvalue weighted by Crippen LogP contribution is 2.19. The van der Waals surface area contributed by atoms with Crippen molar-refractivity contribution in [3.05, 3.63) is 52.9 Å². The van der Waals surface area contributed by atoms with Crippen molar-refractivity contribution in [2.24, 2.45) is 5.10 Å². The van der Waals surface area contributed by atoms with Crippen LogP contribution >= 0.6 is 0 Å². The van der Waals surface area contributed by atoms with Crippen LogP contribution in [0.25, 0.3) is 0 Å². The van der Waals surface area contributed by atoms with Crippen molar-refractivity contribution in [1.82, 2.24) is 10.2 Å². The summed E-state index contributed by atoms with van der Waals surface area (Å²) in [5, 5.41) is 10.4. The number of amides is 1. The summed E-state index contributed by atoms with van der Waals surface area (Å²) in [6.07, 6.45) is 1.98. The molecule has 6 heteroatoms. The summed E-state index contributed by atoms with van der Waals surface area (Å²) in [4.78, 5) is 21.4. The van der Waals surface area contributed by atoms with Gasteiger partial charge >= 0.3 is 0 Å². The lowest BCUT2D eigenvalue weighted by atomic mass is 10.3. The van der Waals surface area contributed by atoms with Crippen molar-refractivity contribution in [3.8, 4) is 0 Å². The van der Waals surface area contributed by atoms with Crippen LogP contribution in [-0.2, 0) is 4.79 Å². The third kappa shape index (κ3) is 3.41. The molecule has 0 spiro atoms. The lowest BCUT2D eigenvalue weighted by Crippen LogP contribution is -2.19. The van der Waals surface area contributed by atoms with E-state index >= 15 is 0 Å². The second-order valence-corrected chi connectivity index (χ2v) is 4.02. The molecule has 0 fully saturated rings. The topological polar surface area (TPSA) is 81.3 Å². The normalized spacial score (nSPS) is 13.8. The number of benzene rings is 1. The zero-order chi connectivity index (χ0) is 13.7. The van der Waals surface area contributed by atoms with Crippen molar-refractivity contribution in [2.75, 3.05) is 5.01 Å². The Morgan fingerprint density at radius 1 is 1.16 bits per heavy atom. The first-order valence-electron chi connectivity index (χ1n) is 5.81. The summed E-state index contributed by atoms with van der Waals surface area (Å²) in [6, 6.07) is 10.9. The second-order valence-electron chi connectivity index (χ2n) is 4.02. The Balaban J connectivity index is 0.000000186. The van der Waals surface area contributed by atoms with Crippen LogP contribution < -0.4 is 10.6 Å². The third-order valence-corrected chi connectivity index (χ3v) is 2.43. The largest absolute Gasteiger partial charge is 0.305 e. The van der Waals surface area contributed by atoms with E-state index in [0.29, 0.717) is 6.42 Å². The Bertz CT molecular complexity index is 611. The van der Waals surface area contributed by atoms with Gasteiger partial charge in [-0.25, -0.2) is 5.01 Å². The van der Waals surface area contributed by atoms with Gasteiger partial charge in [-0.2, -0.15) is 5.10 Å². The number of nitrogens with one attached hydrogen (secondary N) is 2. The molecule has 3 rings (SSSR count). The van der Waals surface area contributed by atoms with Crippen LogP contribution in [0.3, 0.4) is 0 Å². The summed E-state index contributed by atoms with van der Waals surface area (Å²) in [6.45, 7) is 1.86. The van der Waals surface area contributed by atoms with Gasteiger partial charge in [0.1, 0.15) is 0 Å². The molecule has 1 aliphatic rings. The van der Waals surface area contributed by atoms with Gasteiger partial charge in [0.25, 0.3) is 11.5 Å². The van der Waals surface area contributed by atoms with E-state index in [1.165, 1.54) is 11.1 Å². The zero-order valence-electron chi connectivity index (χ0n) is 10.5. The number of carbonyl (C=O) groups is 1. The highest BCUT2D eigenvalue weighted by Gasteiger charge is 2.21. The molecular weight excluding hydrogens is 244 g/mol. The highest BCUT2D eigenvalue weighted by molar-refractivity contribution is 6.12. The number of H-pyrrole nitrogens is 2. The van der Waals surface area contributed by atoms with Crippen LogP contribution in [0.1, 0.15) is 13.3 Å². The molecule has 0 saturated carbocycles. The van der Waals surface area contributed by atoms with Gasteiger partial charge in [-0.15, -0.1) is 0 Å². The Morgan fingerprint density at radius 2 is 1.89 bits per heavy atom. The quantitative estimate of drug-likeness (QED) is 0.812. The van der Waals surface area contributed by atoms with Crippen LogP contribution in [0, 0.1) is 0 Å². The van der Waals surface area contributed by atoms with Crippen LogP contribution in [0.15, 0.2) is 52.5 Å². The highest BCUT2D eigenvalue weighted by atomic mass is 16.2. The number of aromatic amines is 2. The van der Waals surface area contributed by atoms with Gasteiger partial charge in [0, 0.05) is 18.0 Å². The van der Waals surface area contributed by atoms with Gasteiger partial charge in [0.2, 0.25) is 0 Å². The van der Waals surface area contributed by atoms with E-state index in [1.807, 2.05) is 37.3 Å². The van der Waals surface area contributed by atoms with Gasteiger partial charge in [0.05, 0.1) is 12.1 Å². The lowest BCUT2D eigenvalue weighted by Gasteiger charge is -2.10. The molecule has 6 nitrogen and oxygen atoms in total. The summed E-state index contributed by atoms with van der Waals surface area (Å²) < 4.78 is 0. The van der Waals surface area contributed by atoms with E-state index in [2.05, 4.69) is 15.3 Å². The first-order chi connectivity index (χ1) is 9.16. The molecule has 1 aliphatic heterocycles. The molecule has 2 N–H and O–H groups in total. The van der Waals surface area contributed by atoms with E-state index in [9.17, 15) is 9.59 Å². The fourth-order valence-electron chi connectivity index (χ4n) is 1.60. The first-order valence-corrected chi connectivity index (χ1v) is 5.81. The van der Waals surface area contributed by atoms with E-state index < -0.39 is 0 Å². The molecule has 0 aliphatic carbocycles. The monoisotopic (exact) mass is 258 g/mol. The lowest BCUT2D eigenvalue weighted by molar-refractivity contribution is -0.116. The predicted octanol–water partition coefficient (Wildman–Crippen LogP) is 1.50. The summed E-state index contributed by atoms with van der Waals surface area (Å²) >= 11 is 0. The Labute approximate surface area is 109 Å². The third-order valence-electron chi connectivity index (χ3n) is 2.43. The second kappa shape index (κ2) is 5.81. The maximum Gasteiger partial charge on any atom is 0.263 e. The first kappa shape index (κ1) is 12.8. The molecule has 98 valence electrons. The number of carbonyl (C=O) groups excluding carboxylic acids is 1. The van der Waals surface area contributed by atoms with E-state index in [1.54, 1.807) is 6.20 Å². The van der Waals surface area contributed by atoms with Gasteiger partial charge in [-0.1, -0.05) is 18.2 Å². The van der Waals surface area contributed by atoms with E-state index in [0.717, 1.165) is 11.4 Å². The molecule has 0 unspecified atom stereocenters. The van der Waals surface area contributed by atoms with Crippen LogP contribution in [0.5, 0.6) is 0 Å². The van der Waals surface area contributed by atoms with Gasteiger partial charge < -0.3 is 5.10 Å². The molecule has 0 atom stereocenters. The van der Waals surface area contributed by atoms with Crippen molar-refractivity contribution in [2.45, 2.75) is 13.3 Å². The molecule has 2 heterocycles. The Kier molecular flexibility index (Phi) is 3.92. The fraction of sp³-hybridized carbons (Fsp3) is 0.154. The van der Waals surface area contributed by atoms with Gasteiger partial charge in [0.15, 0.2) is 0 Å². The van der Waals surface area contributed by atoms with Crippen molar-refractivity contribution >= 4 is 17.3 Å². The average Bonchev–Trinajstić information content (AvgIpc) is 3.00. The number of aromatic nitrogens is 2. The average molecular weight is 258 g/mol. The summed E-state index contributed by atoms with van der Waals surface area (Å²) in [5.41, 5.74) is 1.62. The Morgan fingerprint density at radius 3 is 2.32 bits per heavy atom. The number of hydrazone groups is 1. The SMILES string of the molecule is CC1=NN(c2ccccc2)C(=O)C1.O=c1cc[nH][nH]1. The van der Waals surface area contributed by atoms with Crippen molar-refractivity contribution < 1.29 is 4.79 Å². The molecule has 19 heavy (non-hydrogen) atoms. The molecule has 1 amide bonds. The van der Waals surface area contributed by atoms with Gasteiger partial charge in [-0.3, -0.25) is 14.7 Å². The smallest absolute Gasteiger partial charge is 0.263 e. The minimum atomic E-state index is -0.0880. The number of anilines is 1. The number of hydrogen-bond donors (Lipinski definition) is 2. The molecule has 2 aromatic rings. The summed E-state index contributed by atoms with van der Waals surface area (Å²) in [5.74, 6) is 0.0451. The molecule has 0 bridgehead atoms. The maximum absolute atomic E-state index is 11.4. The van der Waals surface area contributed by atoms with E-state index in [4.69, 9.17) is 0 Å². The minimum absolute atomic E-state index is 0.0451. The maximum atomic E-state index is 11.4. The molecule has 1 aromatic heterocycles. The molecular formula is C13H14N4O2. The number of nitrogens with zero attached hydrogens (tertiary/aromatic N) is 2. The van der Waals surface area contributed by atoms with Crippen LogP contribution in [0.4, 0.5) is 5.69 Å². The van der Waals surface area contributed by atoms with Gasteiger partial charge in [-0.05, 0) is 19.1 Å². The van der Waals surface area contributed by atoms with Crippen molar-refractivity contribution in [3.63, 3.8) is 0 Å². The molecule has 0 radical (unpaired) electrons. The number of para-hydroxylation sites is 1. The van der Waals surface area contributed by atoms with E-state index in [-0.39, 0.29) is 11.5 Å². The number of rotatable bonds is 1. The van der Waals surface area contributed by atoms with Crippen LogP contribution in [-0.4, -0.2) is 21.8 Å². The summed E-state index contributed by atoms with van der Waals surface area (Å²) in [7, 11) is 0. The Hall–Kier alpha value is -2.63. The number of hydrogen-bond acceptors (Lipinski definition) is 3.